The number of aromatic amines is 1. The maximum absolute atomic E-state index is 16.5. The SMILES string of the molecule is CC1CN(c2cc(F)c(C3=CCCN(c4ccnc(C#N)n4)C3)c(F)c2NC(=O)c2c[nH]c(=O)cc2C(F)F)CCN1C. The number of carbonyl (C=O) groups excluding carboxylic acids is 1. The zero-order valence-electron chi connectivity index (χ0n) is 23.4. The smallest absolute Gasteiger partial charge is 0.264 e. The Morgan fingerprint density at radius 3 is 2.72 bits per heavy atom. The molecule has 2 aliphatic heterocycles. The molecule has 2 N–H and O–H groups in total. The van der Waals surface area contributed by atoms with Crippen LogP contribution < -0.4 is 20.7 Å². The fourth-order valence-electron chi connectivity index (χ4n) is 5.28. The first-order valence-electron chi connectivity index (χ1n) is 13.5. The maximum atomic E-state index is 16.5. The van der Waals surface area contributed by atoms with Gasteiger partial charge in [0.05, 0.1) is 16.8 Å². The van der Waals surface area contributed by atoms with E-state index in [1.807, 2.05) is 20.0 Å². The number of halogens is 4. The summed E-state index contributed by atoms with van der Waals surface area (Å²) in [5.41, 5.74) is -2.58. The van der Waals surface area contributed by atoms with Gasteiger partial charge in [-0.3, -0.25) is 9.59 Å². The van der Waals surface area contributed by atoms with Crippen molar-refractivity contribution in [3.8, 4) is 6.07 Å². The van der Waals surface area contributed by atoms with Crippen molar-refractivity contribution in [2.45, 2.75) is 25.8 Å². The third-order valence-electron chi connectivity index (χ3n) is 7.71. The number of benzene rings is 1. The van der Waals surface area contributed by atoms with Gasteiger partial charge in [0.1, 0.15) is 23.4 Å². The van der Waals surface area contributed by atoms with Gasteiger partial charge in [-0.25, -0.2) is 27.5 Å². The predicted octanol–water partition coefficient (Wildman–Crippen LogP) is 3.94. The second-order valence-electron chi connectivity index (χ2n) is 10.4. The molecule has 0 aliphatic carbocycles. The van der Waals surface area contributed by atoms with E-state index in [-0.39, 0.29) is 40.9 Å². The summed E-state index contributed by atoms with van der Waals surface area (Å²) < 4.78 is 59.8. The minimum absolute atomic E-state index is 0.0218. The van der Waals surface area contributed by atoms with E-state index in [0.717, 1.165) is 12.3 Å². The van der Waals surface area contributed by atoms with Gasteiger partial charge in [-0.1, -0.05) is 6.08 Å². The first-order valence-corrected chi connectivity index (χ1v) is 13.5. The zero-order chi connectivity index (χ0) is 30.8. The molecule has 1 atom stereocenters. The van der Waals surface area contributed by atoms with Crippen LogP contribution in [0.3, 0.4) is 0 Å². The summed E-state index contributed by atoms with van der Waals surface area (Å²) in [6, 6.07) is 5.23. The van der Waals surface area contributed by atoms with Crippen LogP contribution in [0.15, 0.2) is 41.5 Å². The molecule has 43 heavy (non-hydrogen) atoms. The van der Waals surface area contributed by atoms with Crippen molar-refractivity contribution in [1.82, 2.24) is 19.9 Å². The van der Waals surface area contributed by atoms with Gasteiger partial charge >= 0.3 is 0 Å². The van der Waals surface area contributed by atoms with Crippen molar-refractivity contribution in [1.29, 1.82) is 5.26 Å². The Hall–Kier alpha value is -4.77. The molecule has 1 fully saturated rings. The number of rotatable bonds is 6. The number of likely N-dealkylation sites (N-methyl/N-ethyl adjacent to an activating group) is 1. The highest BCUT2D eigenvalue weighted by molar-refractivity contribution is 6.07. The van der Waals surface area contributed by atoms with Crippen molar-refractivity contribution in [3.05, 3.63) is 81.2 Å². The summed E-state index contributed by atoms with van der Waals surface area (Å²) in [5, 5.41) is 11.6. The number of nitriles is 1. The van der Waals surface area contributed by atoms with E-state index in [9.17, 15) is 18.4 Å². The van der Waals surface area contributed by atoms with Gasteiger partial charge in [0.2, 0.25) is 11.4 Å². The normalized spacial score (nSPS) is 17.5. The first kappa shape index (κ1) is 29.7. The van der Waals surface area contributed by atoms with E-state index in [1.54, 1.807) is 21.9 Å². The number of hydrogen-bond acceptors (Lipinski definition) is 8. The topological polar surface area (TPSA) is 121 Å². The van der Waals surface area contributed by atoms with Gasteiger partial charge in [-0.05, 0) is 32.0 Å². The molecule has 2 aromatic heterocycles. The summed E-state index contributed by atoms with van der Waals surface area (Å²) in [6.07, 6.45) is 1.22. The van der Waals surface area contributed by atoms with E-state index in [4.69, 9.17) is 5.26 Å². The highest BCUT2D eigenvalue weighted by Crippen LogP contribution is 2.39. The first-order chi connectivity index (χ1) is 20.6. The van der Waals surface area contributed by atoms with Crippen molar-refractivity contribution in [2.75, 3.05) is 54.9 Å². The number of carbonyl (C=O) groups is 1. The molecule has 1 unspecified atom stereocenters. The lowest BCUT2D eigenvalue weighted by molar-refractivity contribution is 0.101. The van der Waals surface area contributed by atoms with Crippen LogP contribution in [0.2, 0.25) is 0 Å². The van der Waals surface area contributed by atoms with Crippen molar-refractivity contribution in [3.63, 3.8) is 0 Å². The maximum Gasteiger partial charge on any atom is 0.264 e. The molecule has 5 rings (SSSR count). The summed E-state index contributed by atoms with van der Waals surface area (Å²) in [6.45, 7) is 3.84. The van der Waals surface area contributed by atoms with Gasteiger partial charge in [0.15, 0.2) is 5.82 Å². The summed E-state index contributed by atoms with van der Waals surface area (Å²) in [7, 11) is 1.93. The number of H-pyrrole nitrogens is 1. The van der Waals surface area contributed by atoms with Crippen LogP contribution in [0.4, 0.5) is 34.8 Å². The minimum Gasteiger partial charge on any atom is -0.367 e. The van der Waals surface area contributed by atoms with E-state index >= 15 is 8.78 Å². The second-order valence-corrected chi connectivity index (χ2v) is 10.4. The molecule has 2 aliphatic rings. The average Bonchev–Trinajstić information content (AvgIpc) is 3.00. The molecule has 1 amide bonds. The van der Waals surface area contributed by atoms with E-state index in [1.165, 1.54) is 6.20 Å². The van der Waals surface area contributed by atoms with Crippen LogP contribution in [0.25, 0.3) is 5.57 Å². The third kappa shape index (κ3) is 6.07. The van der Waals surface area contributed by atoms with Gasteiger partial charge in [0, 0.05) is 68.9 Å². The lowest BCUT2D eigenvalue weighted by Gasteiger charge is -2.40. The van der Waals surface area contributed by atoms with Gasteiger partial charge < -0.3 is 25.0 Å². The highest BCUT2D eigenvalue weighted by atomic mass is 19.3. The molecular formula is C29H28F4N8O2. The number of pyridine rings is 1. The molecule has 10 nitrogen and oxygen atoms in total. The lowest BCUT2D eigenvalue weighted by Crippen LogP contribution is -2.50. The molecular weight excluding hydrogens is 568 g/mol. The molecule has 0 radical (unpaired) electrons. The van der Waals surface area contributed by atoms with Gasteiger partial charge in [-0.2, -0.15) is 5.26 Å². The summed E-state index contributed by atoms with van der Waals surface area (Å²) >= 11 is 0. The second kappa shape index (κ2) is 12.2. The minimum atomic E-state index is -3.14. The molecule has 1 saturated heterocycles. The molecule has 0 spiro atoms. The number of aromatic nitrogens is 3. The fraction of sp³-hybridized carbons (Fsp3) is 0.345. The Kier molecular flexibility index (Phi) is 8.45. The zero-order valence-corrected chi connectivity index (χ0v) is 23.4. The van der Waals surface area contributed by atoms with Crippen LogP contribution in [0, 0.1) is 23.0 Å². The quantitative estimate of drug-likeness (QED) is 0.411. The van der Waals surface area contributed by atoms with Crippen LogP contribution in [-0.4, -0.2) is 71.6 Å². The third-order valence-corrected chi connectivity index (χ3v) is 7.71. The summed E-state index contributed by atoms with van der Waals surface area (Å²) in [5.74, 6) is -2.65. The number of hydrogen-bond donors (Lipinski definition) is 2. The van der Waals surface area contributed by atoms with E-state index in [2.05, 4.69) is 25.2 Å². The number of nitrogens with zero attached hydrogens (tertiary/aromatic N) is 6. The van der Waals surface area contributed by atoms with Crippen molar-refractivity contribution < 1.29 is 22.4 Å². The highest BCUT2D eigenvalue weighted by Gasteiger charge is 2.31. The summed E-state index contributed by atoms with van der Waals surface area (Å²) in [4.78, 5) is 40.8. The van der Waals surface area contributed by atoms with Crippen molar-refractivity contribution in [2.24, 2.45) is 0 Å². The monoisotopic (exact) mass is 596 g/mol. The van der Waals surface area contributed by atoms with Crippen LogP contribution in [0.5, 0.6) is 0 Å². The molecule has 3 aromatic rings. The molecule has 4 heterocycles. The van der Waals surface area contributed by atoms with E-state index < -0.39 is 40.7 Å². The Morgan fingerprint density at radius 1 is 1.21 bits per heavy atom. The Balaban J connectivity index is 1.57. The fourth-order valence-corrected chi connectivity index (χ4v) is 5.28. The van der Waals surface area contributed by atoms with Gasteiger partial charge in [-0.15, -0.1) is 0 Å². The lowest BCUT2D eigenvalue weighted by atomic mass is 9.97. The number of nitrogens with one attached hydrogen (secondary N) is 2. The largest absolute Gasteiger partial charge is 0.367 e. The Morgan fingerprint density at radius 2 is 2.00 bits per heavy atom. The standard InChI is InChI=1S/C29H28F4N8O2/c1-16-14-40(9-8-39(16)2)21-11-20(30)25(17-4-3-7-41(15-17)23-5-6-35-22(12-34)37-23)26(31)27(21)38-29(43)19-13-36-24(42)10-18(19)28(32)33/h4-6,10-11,13,16,28H,3,7-9,14-15H2,1-2H3,(H,36,42)(H,38,43). The number of amides is 1. The van der Waals surface area contributed by atoms with Crippen molar-refractivity contribution >= 4 is 28.7 Å². The van der Waals surface area contributed by atoms with Crippen LogP contribution in [0.1, 0.15) is 47.1 Å². The predicted molar refractivity (Wildman–Crippen MR) is 152 cm³/mol. The Labute approximate surface area is 244 Å². The molecule has 224 valence electrons. The average molecular weight is 597 g/mol. The molecule has 0 bridgehead atoms. The number of alkyl halides is 2. The molecule has 0 saturated carbocycles. The molecule has 14 heteroatoms. The van der Waals surface area contributed by atoms with Crippen LogP contribution >= 0.6 is 0 Å². The Bertz CT molecular complexity index is 1690. The van der Waals surface area contributed by atoms with E-state index in [0.29, 0.717) is 44.5 Å². The number of anilines is 3. The van der Waals surface area contributed by atoms with Crippen LogP contribution in [-0.2, 0) is 0 Å². The molecule has 1 aromatic carbocycles. The number of piperazine rings is 1. The van der Waals surface area contributed by atoms with Gasteiger partial charge in [0.25, 0.3) is 12.3 Å².